The minimum absolute atomic E-state index is 0.660. The molecule has 0 unspecified atom stereocenters. The molecule has 0 saturated carbocycles. The fourth-order valence-corrected chi connectivity index (χ4v) is 6.09. The van der Waals surface area contributed by atoms with Crippen molar-refractivity contribution in [3.63, 3.8) is 0 Å². The minimum Gasteiger partial charge on any atom is -0.0595 e. The van der Waals surface area contributed by atoms with Crippen LogP contribution in [0.1, 0.15) is 81.1 Å². The molecule has 140 valence electrons. The highest BCUT2D eigenvalue weighted by atomic mass is 14.5. The molecule has 26 heavy (non-hydrogen) atoms. The topological polar surface area (TPSA) is 0 Å². The summed E-state index contributed by atoms with van der Waals surface area (Å²) < 4.78 is 0. The van der Waals surface area contributed by atoms with E-state index in [2.05, 4.69) is 55.4 Å². The lowest BCUT2D eigenvalue weighted by atomic mass is 9.85. The highest BCUT2D eigenvalue weighted by molar-refractivity contribution is 5.73. The molecule has 4 aliphatic rings. The molecule has 0 spiro atoms. The summed E-state index contributed by atoms with van der Waals surface area (Å²) in [5.74, 6) is 2.68. The van der Waals surface area contributed by atoms with E-state index in [0.29, 0.717) is 23.7 Å². The fourth-order valence-electron chi connectivity index (χ4n) is 6.09. The van der Waals surface area contributed by atoms with Crippen LogP contribution in [0.3, 0.4) is 0 Å². The van der Waals surface area contributed by atoms with Crippen molar-refractivity contribution >= 4 is 0 Å². The molecule has 0 amide bonds. The van der Waals surface area contributed by atoms with Gasteiger partial charge < -0.3 is 0 Å². The van der Waals surface area contributed by atoms with Crippen molar-refractivity contribution in [3.05, 3.63) is 55.7 Å². The third kappa shape index (κ3) is 2.40. The Hall–Kier alpha value is -1.30. The van der Waals surface area contributed by atoms with Gasteiger partial charge in [0.15, 0.2) is 0 Å². The summed E-state index contributed by atoms with van der Waals surface area (Å²) in [7, 11) is 0. The van der Waals surface area contributed by atoms with E-state index in [-0.39, 0.29) is 0 Å². The molecule has 0 heterocycles. The molecule has 0 atom stereocenters. The number of fused-ring (bicyclic) bond motifs is 2. The monoisotopic (exact) mass is 348 g/mol. The molecule has 4 rings (SSSR count). The summed E-state index contributed by atoms with van der Waals surface area (Å²) >= 11 is 0. The van der Waals surface area contributed by atoms with Gasteiger partial charge in [0, 0.05) is 0 Å². The van der Waals surface area contributed by atoms with Crippen molar-refractivity contribution in [1.29, 1.82) is 0 Å². The molecule has 4 aliphatic carbocycles. The van der Waals surface area contributed by atoms with Crippen LogP contribution in [0.25, 0.3) is 0 Å². The number of rotatable bonds is 4. The zero-order valence-corrected chi connectivity index (χ0v) is 18.1. The number of allylic oxidation sites excluding steroid dienone is 10. The Labute approximate surface area is 160 Å². The van der Waals surface area contributed by atoms with Gasteiger partial charge in [0.2, 0.25) is 0 Å². The molecule has 0 fully saturated rings. The van der Waals surface area contributed by atoms with Crippen LogP contribution < -0.4 is 0 Å². The van der Waals surface area contributed by atoms with Crippen LogP contribution in [-0.4, -0.2) is 0 Å². The number of hydrogen-bond acceptors (Lipinski definition) is 0. The first-order valence-corrected chi connectivity index (χ1v) is 10.9. The van der Waals surface area contributed by atoms with Gasteiger partial charge in [0.1, 0.15) is 0 Å². The van der Waals surface area contributed by atoms with Gasteiger partial charge >= 0.3 is 0 Å². The van der Waals surface area contributed by atoms with E-state index in [1.165, 1.54) is 25.7 Å². The Morgan fingerprint density at radius 3 is 0.962 bits per heavy atom. The Bertz CT molecular complexity index is 755. The molecule has 0 aromatic heterocycles. The summed E-state index contributed by atoms with van der Waals surface area (Å²) in [6.45, 7) is 19.1. The van der Waals surface area contributed by atoms with E-state index in [1.807, 2.05) is 0 Å². The summed E-state index contributed by atoms with van der Waals surface area (Å²) in [5.41, 5.74) is 17.3. The highest BCUT2D eigenvalue weighted by Crippen LogP contribution is 2.59. The van der Waals surface area contributed by atoms with Crippen molar-refractivity contribution in [2.75, 3.05) is 0 Å². The Balaban J connectivity index is 1.67. The van der Waals surface area contributed by atoms with E-state index in [4.69, 9.17) is 0 Å². The van der Waals surface area contributed by atoms with Crippen LogP contribution in [0, 0.1) is 23.7 Å². The second-order valence-electron chi connectivity index (χ2n) is 10.1. The van der Waals surface area contributed by atoms with E-state index < -0.39 is 0 Å². The Morgan fingerprint density at radius 2 is 0.692 bits per heavy atom. The second-order valence-corrected chi connectivity index (χ2v) is 10.1. The SMILES string of the molecule is CC(C)C1=C(C(C)C)C2=C(C1)C1=C(C2)C2=C(C1)C(C(C)C)=C(C(C)C)C2. The van der Waals surface area contributed by atoms with E-state index in [0.717, 1.165) is 0 Å². The van der Waals surface area contributed by atoms with E-state index >= 15 is 0 Å². The van der Waals surface area contributed by atoms with Crippen molar-refractivity contribution in [2.24, 2.45) is 23.7 Å². The first kappa shape index (κ1) is 18.1. The van der Waals surface area contributed by atoms with Crippen molar-refractivity contribution < 1.29 is 0 Å². The normalized spacial score (nSPS) is 22.6. The van der Waals surface area contributed by atoms with E-state index in [1.54, 1.807) is 55.7 Å². The predicted octanol–water partition coefficient (Wildman–Crippen LogP) is 7.71. The van der Waals surface area contributed by atoms with Gasteiger partial charge in [-0.05, 0) is 93.9 Å². The third-order valence-corrected chi connectivity index (χ3v) is 7.15. The standard InChI is InChI=1S/C26H36/c1-13(2)17-9-21-19-12-24-22(10-18(14(3)4)26(24)16(7)8)20(19)11-23(21)25(17)15(5)6/h13-16H,9-12H2,1-8H3. The van der Waals surface area contributed by atoms with Crippen molar-refractivity contribution in [1.82, 2.24) is 0 Å². The summed E-state index contributed by atoms with van der Waals surface area (Å²) in [4.78, 5) is 0. The van der Waals surface area contributed by atoms with Gasteiger partial charge in [-0.3, -0.25) is 0 Å². The van der Waals surface area contributed by atoms with Crippen LogP contribution in [0.4, 0.5) is 0 Å². The van der Waals surface area contributed by atoms with Crippen molar-refractivity contribution in [2.45, 2.75) is 81.1 Å². The molecule has 0 aromatic carbocycles. The zero-order valence-electron chi connectivity index (χ0n) is 18.1. The average Bonchev–Trinajstić information content (AvgIpc) is 3.21. The van der Waals surface area contributed by atoms with Gasteiger partial charge in [-0.1, -0.05) is 66.5 Å². The average molecular weight is 349 g/mol. The molecule has 0 N–H and O–H groups in total. The maximum atomic E-state index is 2.40. The summed E-state index contributed by atoms with van der Waals surface area (Å²) in [6, 6.07) is 0. The van der Waals surface area contributed by atoms with Gasteiger partial charge in [0.25, 0.3) is 0 Å². The van der Waals surface area contributed by atoms with Gasteiger partial charge in [-0.25, -0.2) is 0 Å². The molecule has 0 aliphatic heterocycles. The third-order valence-electron chi connectivity index (χ3n) is 7.15. The minimum atomic E-state index is 0.660. The van der Waals surface area contributed by atoms with Crippen molar-refractivity contribution in [3.8, 4) is 0 Å². The molecule has 0 saturated heterocycles. The first-order valence-electron chi connectivity index (χ1n) is 10.9. The van der Waals surface area contributed by atoms with Crippen LogP contribution in [0.2, 0.25) is 0 Å². The van der Waals surface area contributed by atoms with Crippen LogP contribution >= 0.6 is 0 Å². The summed E-state index contributed by atoms with van der Waals surface area (Å²) in [5, 5.41) is 0. The lowest BCUT2D eigenvalue weighted by Crippen LogP contribution is -2.04. The predicted molar refractivity (Wildman–Crippen MR) is 113 cm³/mol. The smallest absolute Gasteiger partial charge is 0.00141 e. The molecular formula is C26H36. The fraction of sp³-hybridized carbons (Fsp3) is 0.615. The van der Waals surface area contributed by atoms with Crippen LogP contribution in [-0.2, 0) is 0 Å². The maximum Gasteiger partial charge on any atom is -0.00141 e. The number of hydrogen-bond donors (Lipinski definition) is 0. The molecule has 0 nitrogen and oxygen atoms in total. The Morgan fingerprint density at radius 1 is 0.385 bits per heavy atom. The first-order chi connectivity index (χ1) is 12.2. The second kappa shape index (κ2) is 6.11. The molecule has 0 bridgehead atoms. The zero-order chi connectivity index (χ0) is 18.9. The highest BCUT2D eigenvalue weighted by Gasteiger charge is 2.42. The quantitative estimate of drug-likeness (QED) is 0.488. The van der Waals surface area contributed by atoms with Crippen LogP contribution in [0.5, 0.6) is 0 Å². The summed E-state index contributed by atoms with van der Waals surface area (Å²) in [6.07, 6.45) is 4.92. The van der Waals surface area contributed by atoms with Gasteiger partial charge in [0.05, 0.1) is 0 Å². The largest absolute Gasteiger partial charge is 0.0595 e. The maximum absolute atomic E-state index is 2.40. The molecule has 0 radical (unpaired) electrons. The van der Waals surface area contributed by atoms with Gasteiger partial charge in [-0.15, -0.1) is 0 Å². The lowest BCUT2D eigenvalue weighted by molar-refractivity contribution is 0.687. The Kier molecular flexibility index (Phi) is 4.25. The molecule has 0 aromatic rings. The molecule has 0 heteroatoms. The lowest BCUT2D eigenvalue weighted by Gasteiger charge is -2.19. The van der Waals surface area contributed by atoms with E-state index in [9.17, 15) is 0 Å². The van der Waals surface area contributed by atoms with Crippen LogP contribution in [0.15, 0.2) is 55.7 Å². The molecular weight excluding hydrogens is 312 g/mol. The van der Waals surface area contributed by atoms with Gasteiger partial charge in [-0.2, -0.15) is 0 Å².